The van der Waals surface area contributed by atoms with Crippen molar-refractivity contribution in [1.29, 1.82) is 0 Å². The highest BCUT2D eigenvalue weighted by atomic mass is 32.2. The Kier molecular flexibility index (Phi) is 6.11. The average Bonchev–Trinajstić information content (AvgIpc) is 3.22. The van der Waals surface area contributed by atoms with Gasteiger partial charge in [-0.1, -0.05) is 6.07 Å². The molecule has 0 aliphatic carbocycles. The van der Waals surface area contributed by atoms with Crippen LogP contribution in [0.1, 0.15) is 38.2 Å². The van der Waals surface area contributed by atoms with Crippen molar-refractivity contribution >= 4 is 55.6 Å². The van der Waals surface area contributed by atoms with Crippen molar-refractivity contribution < 1.29 is 23.3 Å². The number of amides is 1. The van der Waals surface area contributed by atoms with Gasteiger partial charge >= 0.3 is 14.5 Å². The predicted molar refractivity (Wildman–Crippen MR) is 115 cm³/mol. The Morgan fingerprint density at radius 2 is 1.93 bits per heavy atom. The minimum Gasteiger partial charge on any atom is -0.432 e. The maximum atomic E-state index is 12.6. The Morgan fingerprint density at radius 3 is 2.55 bits per heavy atom. The molecule has 0 unspecified atom stereocenters. The van der Waals surface area contributed by atoms with Gasteiger partial charge in [0, 0.05) is 4.90 Å². The van der Waals surface area contributed by atoms with Crippen LogP contribution in [0, 0.1) is 0 Å². The van der Waals surface area contributed by atoms with Gasteiger partial charge in [-0.25, -0.2) is 0 Å². The summed E-state index contributed by atoms with van der Waals surface area (Å²) in [5, 5.41) is 5.38. The van der Waals surface area contributed by atoms with Crippen molar-refractivity contribution in [2.24, 2.45) is 0 Å². The molecular weight excluding hydrogens is 392 g/mol. The first-order valence-electron chi connectivity index (χ1n) is 9.01. The maximum absolute atomic E-state index is 12.6. The molecule has 0 spiro atoms. The zero-order chi connectivity index (χ0) is 21.2. The number of benzene rings is 1. The monoisotopic (exact) mass is 414 g/mol. The van der Waals surface area contributed by atoms with Crippen LogP contribution in [0.25, 0.3) is 0 Å². The number of carbonyl (C=O) groups excluding carboxylic acids is 2. The van der Waals surface area contributed by atoms with E-state index in [0.717, 1.165) is 17.8 Å². The maximum Gasteiger partial charge on any atom is 0.494 e. The lowest BCUT2D eigenvalue weighted by atomic mass is 9.79. The molecule has 1 aromatic heterocycles. The molecule has 1 fully saturated rings. The minimum atomic E-state index is -0.534. The van der Waals surface area contributed by atoms with E-state index in [1.54, 1.807) is 0 Å². The molecule has 1 amide bonds. The Bertz CT molecular complexity index is 903. The van der Waals surface area contributed by atoms with Crippen LogP contribution in [0.4, 0.5) is 11.7 Å². The summed E-state index contributed by atoms with van der Waals surface area (Å²) >= 11 is 1.50. The van der Waals surface area contributed by atoms with Gasteiger partial charge in [0.15, 0.2) is 5.69 Å². The van der Waals surface area contributed by atoms with E-state index in [2.05, 4.69) is 15.5 Å². The van der Waals surface area contributed by atoms with E-state index in [9.17, 15) is 9.59 Å². The standard InChI is InChI=1S/C18H22B2N3O5S/c1-17(2)18(3,4)28-20(27-17)11-6-7-14(29-5)12(8-11)21-15(25)13-9-26-16(22-13)23-19-10-24/h6-10H,1-5H3,(H,21,25)(H,22,23). The fourth-order valence-electron chi connectivity index (χ4n) is 2.69. The fourth-order valence-corrected chi connectivity index (χ4v) is 3.22. The van der Waals surface area contributed by atoms with Crippen LogP contribution in [0.2, 0.25) is 0 Å². The molecule has 151 valence electrons. The van der Waals surface area contributed by atoms with Crippen LogP contribution >= 0.6 is 11.8 Å². The van der Waals surface area contributed by atoms with Gasteiger partial charge in [-0.3, -0.25) is 4.79 Å². The van der Waals surface area contributed by atoms with Crippen LogP contribution in [0.15, 0.2) is 33.8 Å². The van der Waals surface area contributed by atoms with Gasteiger partial charge in [0.1, 0.15) is 12.4 Å². The molecule has 8 nitrogen and oxygen atoms in total. The highest BCUT2D eigenvalue weighted by Gasteiger charge is 2.51. The molecule has 1 saturated heterocycles. The van der Waals surface area contributed by atoms with Crippen LogP contribution in [-0.4, -0.2) is 49.1 Å². The van der Waals surface area contributed by atoms with E-state index in [4.69, 9.17) is 13.7 Å². The Labute approximate surface area is 174 Å². The number of nitrogens with one attached hydrogen (secondary N) is 2. The molecule has 0 saturated carbocycles. The number of hydrogen-bond acceptors (Lipinski definition) is 8. The van der Waals surface area contributed by atoms with E-state index in [1.165, 1.54) is 18.0 Å². The van der Waals surface area contributed by atoms with Crippen LogP contribution in [-0.2, 0) is 14.1 Å². The van der Waals surface area contributed by atoms with E-state index in [-0.39, 0.29) is 11.7 Å². The van der Waals surface area contributed by atoms with Crippen LogP contribution < -0.4 is 16.0 Å². The third-order valence-electron chi connectivity index (χ3n) is 5.01. The van der Waals surface area contributed by atoms with Crippen molar-refractivity contribution in [3.63, 3.8) is 0 Å². The van der Waals surface area contributed by atoms with Crippen molar-refractivity contribution in [3.05, 3.63) is 30.2 Å². The zero-order valence-electron chi connectivity index (χ0n) is 16.9. The fraction of sp³-hybridized carbons (Fsp3) is 0.389. The van der Waals surface area contributed by atoms with E-state index < -0.39 is 24.2 Å². The second-order valence-corrected chi connectivity index (χ2v) is 8.34. The zero-order valence-corrected chi connectivity index (χ0v) is 17.8. The largest absolute Gasteiger partial charge is 0.494 e. The second kappa shape index (κ2) is 8.25. The minimum absolute atomic E-state index is 0.0540. The van der Waals surface area contributed by atoms with Crippen LogP contribution in [0.5, 0.6) is 0 Å². The first kappa shape index (κ1) is 21.5. The molecule has 3 rings (SSSR count). The Hall–Kier alpha value is -2.23. The third-order valence-corrected chi connectivity index (χ3v) is 5.80. The quantitative estimate of drug-likeness (QED) is 0.404. The first-order chi connectivity index (χ1) is 13.7. The summed E-state index contributed by atoms with van der Waals surface area (Å²) in [6.07, 6.45) is 3.69. The highest BCUT2D eigenvalue weighted by Crippen LogP contribution is 2.37. The number of oxazole rings is 1. The van der Waals surface area contributed by atoms with Gasteiger partial charge in [-0.15, -0.1) is 11.8 Å². The van der Waals surface area contributed by atoms with Crippen LogP contribution in [0.3, 0.4) is 0 Å². The molecular formula is C18H22B2N3O5S. The lowest BCUT2D eigenvalue weighted by Gasteiger charge is -2.32. The summed E-state index contributed by atoms with van der Waals surface area (Å²) in [6, 6.07) is 5.73. The van der Waals surface area contributed by atoms with E-state index in [1.807, 2.05) is 52.1 Å². The average molecular weight is 414 g/mol. The lowest BCUT2D eigenvalue weighted by molar-refractivity contribution is 0.00578. The summed E-state index contributed by atoms with van der Waals surface area (Å²) in [4.78, 5) is 27.8. The normalized spacial score (nSPS) is 17.1. The Balaban J connectivity index is 1.80. The number of anilines is 2. The second-order valence-electron chi connectivity index (χ2n) is 7.49. The molecule has 1 radical (unpaired) electrons. The third kappa shape index (κ3) is 4.52. The molecule has 29 heavy (non-hydrogen) atoms. The van der Waals surface area contributed by atoms with Gasteiger partial charge in [0.05, 0.1) is 16.9 Å². The SMILES string of the molecule is CSc1ccc(B2OC(C)(C)C(C)(C)O2)cc1NC(=O)c1coc(N[B]C=O)n1. The topological polar surface area (TPSA) is 103 Å². The summed E-state index contributed by atoms with van der Waals surface area (Å²) in [6.45, 7) is 7.96. The molecule has 11 heteroatoms. The summed E-state index contributed by atoms with van der Waals surface area (Å²) < 4.78 is 17.3. The molecule has 2 heterocycles. The summed E-state index contributed by atoms with van der Waals surface area (Å²) in [5.74, 6) is -0.436. The number of thioether (sulfide) groups is 1. The van der Waals surface area contributed by atoms with E-state index >= 15 is 0 Å². The van der Waals surface area contributed by atoms with Gasteiger partial charge in [-0.2, -0.15) is 4.98 Å². The van der Waals surface area contributed by atoms with Gasteiger partial charge < -0.3 is 29.1 Å². The number of carbonyl (C=O) groups is 2. The molecule has 2 N–H and O–H groups in total. The number of rotatable bonds is 7. The number of aromatic nitrogens is 1. The van der Waals surface area contributed by atoms with Crippen molar-refractivity contribution in [3.8, 4) is 0 Å². The summed E-state index contributed by atoms with van der Waals surface area (Å²) in [7, 11) is 0.584. The van der Waals surface area contributed by atoms with Crippen molar-refractivity contribution in [2.45, 2.75) is 43.8 Å². The summed E-state index contributed by atoms with van der Waals surface area (Å²) in [5.41, 5.74) is 0.593. The lowest BCUT2D eigenvalue weighted by Crippen LogP contribution is -2.41. The van der Waals surface area contributed by atoms with Crippen molar-refractivity contribution in [2.75, 3.05) is 16.8 Å². The van der Waals surface area contributed by atoms with Gasteiger partial charge in [0.25, 0.3) is 11.9 Å². The van der Waals surface area contributed by atoms with E-state index in [0.29, 0.717) is 11.9 Å². The van der Waals surface area contributed by atoms with Crippen molar-refractivity contribution in [1.82, 2.24) is 4.98 Å². The molecule has 1 aliphatic heterocycles. The predicted octanol–water partition coefficient (Wildman–Crippen LogP) is 2.17. The highest BCUT2D eigenvalue weighted by molar-refractivity contribution is 7.98. The first-order valence-corrected chi connectivity index (χ1v) is 10.2. The smallest absolute Gasteiger partial charge is 0.432 e. The van der Waals surface area contributed by atoms with Gasteiger partial charge in [-0.05, 0) is 51.5 Å². The Morgan fingerprint density at radius 1 is 1.24 bits per heavy atom. The molecule has 0 atom stereocenters. The molecule has 2 aromatic rings. The molecule has 1 aliphatic rings. The van der Waals surface area contributed by atoms with Gasteiger partial charge in [0.2, 0.25) is 0 Å². The number of hydrogen-bond donors (Lipinski definition) is 2. The molecule has 0 bridgehead atoms. The number of nitrogens with zero attached hydrogens (tertiary/aromatic N) is 1. The molecule has 1 aromatic carbocycles.